The second-order valence-electron chi connectivity index (χ2n) is 6.86. The highest BCUT2D eigenvalue weighted by Gasteiger charge is 2.18. The molecule has 0 N–H and O–H groups in total. The standard InChI is InChI=1S/C22H30O2S/c1-4-10-19(5-2)11-9-12-20-17-22(16-15-18(20)3)25(23,24)21-13-7-6-8-14-21/h6-8,13-17,19H,4-5,9-12H2,1-3H3. The third-order valence-electron chi connectivity index (χ3n) is 5.02. The van der Waals surface area contributed by atoms with Crippen molar-refractivity contribution in [3.8, 4) is 0 Å². The largest absolute Gasteiger partial charge is 0.219 e. The van der Waals surface area contributed by atoms with Crippen molar-refractivity contribution in [1.82, 2.24) is 0 Å². The van der Waals surface area contributed by atoms with Gasteiger partial charge in [0.05, 0.1) is 9.79 Å². The summed E-state index contributed by atoms with van der Waals surface area (Å²) in [4.78, 5) is 0.763. The normalized spacial score (nSPS) is 12.9. The lowest BCUT2D eigenvalue weighted by atomic mass is 9.93. The molecular formula is C22H30O2S. The van der Waals surface area contributed by atoms with Crippen LogP contribution in [-0.4, -0.2) is 8.42 Å². The molecule has 1 atom stereocenters. The van der Waals surface area contributed by atoms with Crippen LogP contribution in [0.2, 0.25) is 0 Å². The first-order valence-electron chi connectivity index (χ1n) is 9.38. The van der Waals surface area contributed by atoms with Gasteiger partial charge >= 0.3 is 0 Å². The Morgan fingerprint density at radius 3 is 2.28 bits per heavy atom. The molecular weight excluding hydrogens is 328 g/mol. The van der Waals surface area contributed by atoms with E-state index >= 15 is 0 Å². The van der Waals surface area contributed by atoms with Crippen molar-refractivity contribution < 1.29 is 8.42 Å². The SMILES string of the molecule is CCCC(CC)CCCc1cc(S(=O)(=O)c2ccccc2)ccc1C. The van der Waals surface area contributed by atoms with Crippen LogP contribution < -0.4 is 0 Å². The molecule has 0 aromatic heterocycles. The Morgan fingerprint density at radius 2 is 1.64 bits per heavy atom. The molecule has 0 aliphatic heterocycles. The van der Waals surface area contributed by atoms with Gasteiger partial charge in [0.2, 0.25) is 9.84 Å². The van der Waals surface area contributed by atoms with E-state index in [4.69, 9.17) is 0 Å². The molecule has 0 heterocycles. The van der Waals surface area contributed by atoms with Gasteiger partial charge in [-0.3, -0.25) is 0 Å². The Bertz CT molecular complexity index is 764. The molecule has 2 aromatic rings. The molecule has 136 valence electrons. The molecule has 0 amide bonds. The summed E-state index contributed by atoms with van der Waals surface area (Å²) >= 11 is 0. The van der Waals surface area contributed by atoms with Crippen LogP contribution in [0.4, 0.5) is 0 Å². The van der Waals surface area contributed by atoms with Crippen LogP contribution in [0, 0.1) is 12.8 Å². The molecule has 0 bridgehead atoms. The fourth-order valence-electron chi connectivity index (χ4n) is 3.36. The van der Waals surface area contributed by atoms with Gasteiger partial charge in [0.15, 0.2) is 0 Å². The Balaban J connectivity index is 2.15. The van der Waals surface area contributed by atoms with Crippen molar-refractivity contribution >= 4 is 9.84 Å². The molecule has 3 heteroatoms. The smallest absolute Gasteiger partial charge is 0.206 e. The zero-order chi connectivity index (χ0) is 18.3. The average Bonchev–Trinajstić information content (AvgIpc) is 2.63. The molecule has 0 saturated heterocycles. The fourth-order valence-corrected chi connectivity index (χ4v) is 4.69. The summed E-state index contributed by atoms with van der Waals surface area (Å²) < 4.78 is 25.6. The summed E-state index contributed by atoms with van der Waals surface area (Å²) in [6, 6.07) is 14.2. The molecule has 2 aromatic carbocycles. The molecule has 0 saturated carbocycles. The fraction of sp³-hybridized carbons (Fsp3) is 0.455. The first-order chi connectivity index (χ1) is 12.0. The maximum atomic E-state index is 12.8. The lowest BCUT2D eigenvalue weighted by Crippen LogP contribution is -2.04. The molecule has 2 nitrogen and oxygen atoms in total. The van der Waals surface area contributed by atoms with Gasteiger partial charge in [-0.1, -0.05) is 63.8 Å². The van der Waals surface area contributed by atoms with E-state index in [2.05, 4.69) is 20.8 Å². The predicted molar refractivity (Wildman–Crippen MR) is 105 cm³/mol. The number of aryl methyl sites for hydroxylation is 2. The lowest BCUT2D eigenvalue weighted by molar-refractivity contribution is 0.419. The second kappa shape index (κ2) is 9.19. The second-order valence-corrected chi connectivity index (χ2v) is 8.81. The molecule has 0 aliphatic rings. The van der Waals surface area contributed by atoms with Gasteiger partial charge in [-0.15, -0.1) is 0 Å². The molecule has 0 radical (unpaired) electrons. The van der Waals surface area contributed by atoms with Crippen LogP contribution in [0.5, 0.6) is 0 Å². The van der Waals surface area contributed by atoms with Crippen LogP contribution in [0.15, 0.2) is 58.3 Å². The summed E-state index contributed by atoms with van der Waals surface area (Å²) in [5.74, 6) is 0.793. The van der Waals surface area contributed by atoms with Crippen molar-refractivity contribution in [3.63, 3.8) is 0 Å². The van der Waals surface area contributed by atoms with E-state index in [1.165, 1.54) is 31.2 Å². The van der Waals surface area contributed by atoms with E-state index in [0.29, 0.717) is 9.79 Å². The van der Waals surface area contributed by atoms with Crippen molar-refractivity contribution in [1.29, 1.82) is 0 Å². The maximum absolute atomic E-state index is 12.8. The van der Waals surface area contributed by atoms with E-state index in [0.717, 1.165) is 24.3 Å². The first-order valence-corrected chi connectivity index (χ1v) is 10.9. The number of benzene rings is 2. The molecule has 0 fully saturated rings. The molecule has 0 spiro atoms. The highest BCUT2D eigenvalue weighted by molar-refractivity contribution is 7.91. The number of hydrogen-bond donors (Lipinski definition) is 0. The van der Waals surface area contributed by atoms with Gasteiger partial charge < -0.3 is 0 Å². The Labute approximate surface area is 153 Å². The number of hydrogen-bond acceptors (Lipinski definition) is 2. The van der Waals surface area contributed by atoms with E-state index in [-0.39, 0.29) is 0 Å². The van der Waals surface area contributed by atoms with Crippen LogP contribution in [0.3, 0.4) is 0 Å². The van der Waals surface area contributed by atoms with Crippen LogP contribution >= 0.6 is 0 Å². The topological polar surface area (TPSA) is 34.1 Å². The van der Waals surface area contributed by atoms with Gasteiger partial charge in [0.25, 0.3) is 0 Å². The summed E-state index contributed by atoms with van der Waals surface area (Å²) in [5.41, 5.74) is 2.33. The van der Waals surface area contributed by atoms with E-state index < -0.39 is 9.84 Å². The van der Waals surface area contributed by atoms with Gasteiger partial charge in [-0.2, -0.15) is 0 Å². The monoisotopic (exact) mass is 358 g/mol. The molecule has 1 unspecified atom stereocenters. The summed E-state index contributed by atoms with van der Waals surface area (Å²) in [6.45, 7) is 6.57. The zero-order valence-corrected chi connectivity index (χ0v) is 16.5. The third kappa shape index (κ3) is 5.18. The van der Waals surface area contributed by atoms with E-state index in [1.54, 1.807) is 30.3 Å². The highest BCUT2D eigenvalue weighted by Crippen LogP contribution is 2.25. The van der Waals surface area contributed by atoms with Crippen molar-refractivity contribution in [2.45, 2.75) is 69.1 Å². The van der Waals surface area contributed by atoms with Gasteiger partial charge in [-0.25, -0.2) is 8.42 Å². The van der Waals surface area contributed by atoms with Crippen LogP contribution in [-0.2, 0) is 16.3 Å². The van der Waals surface area contributed by atoms with Gasteiger partial charge in [0, 0.05) is 0 Å². The Hall–Kier alpha value is -1.61. The number of rotatable bonds is 9. The Morgan fingerprint density at radius 1 is 0.920 bits per heavy atom. The summed E-state index contributed by atoms with van der Waals surface area (Å²) in [5, 5.41) is 0. The highest BCUT2D eigenvalue weighted by atomic mass is 32.2. The van der Waals surface area contributed by atoms with Crippen LogP contribution in [0.25, 0.3) is 0 Å². The number of sulfone groups is 1. The quantitative estimate of drug-likeness (QED) is 0.553. The molecule has 2 rings (SSSR count). The molecule has 25 heavy (non-hydrogen) atoms. The van der Waals surface area contributed by atoms with Gasteiger partial charge in [0.1, 0.15) is 0 Å². The van der Waals surface area contributed by atoms with E-state index in [9.17, 15) is 8.42 Å². The minimum absolute atomic E-state index is 0.360. The minimum atomic E-state index is -3.43. The van der Waals surface area contributed by atoms with Crippen molar-refractivity contribution in [3.05, 3.63) is 59.7 Å². The summed E-state index contributed by atoms with van der Waals surface area (Å²) in [6.07, 6.45) is 7.05. The third-order valence-corrected chi connectivity index (χ3v) is 6.78. The van der Waals surface area contributed by atoms with Crippen molar-refractivity contribution in [2.75, 3.05) is 0 Å². The zero-order valence-electron chi connectivity index (χ0n) is 15.7. The van der Waals surface area contributed by atoms with Gasteiger partial charge in [-0.05, 0) is 61.1 Å². The first kappa shape index (κ1) is 19.7. The van der Waals surface area contributed by atoms with E-state index in [1.807, 2.05) is 18.2 Å². The van der Waals surface area contributed by atoms with Crippen LogP contribution in [0.1, 0.15) is 57.1 Å². The maximum Gasteiger partial charge on any atom is 0.206 e. The van der Waals surface area contributed by atoms with Crippen molar-refractivity contribution in [2.24, 2.45) is 5.92 Å². The molecule has 0 aliphatic carbocycles. The predicted octanol–water partition coefficient (Wildman–Crippen LogP) is 5.98. The average molecular weight is 359 g/mol. The Kier molecular flexibility index (Phi) is 7.24. The lowest BCUT2D eigenvalue weighted by Gasteiger charge is -2.14. The minimum Gasteiger partial charge on any atom is -0.219 e. The summed E-state index contributed by atoms with van der Waals surface area (Å²) in [7, 11) is -3.43.